The van der Waals surface area contributed by atoms with Crippen molar-refractivity contribution in [2.75, 3.05) is 4.90 Å². The van der Waals surface area contributed by atoms with E-state index in [-0.39, 0.29) is 17.3 Å². The first kappa shape index (κ1) is 13.6. The van der Waals surface area contributed by atoms with Crippen molar-refractivity contribution in [3.8, 4) is 0 Å². The SMILES string of the molecule is CC(C)(C)C1Cc2cc(F)cc(I)c2N1C(=O)O. The molecule has 1 aromatic rings. The summed E-state index contributed by atoms with van der Waals surface area (Å²) >= 11 is 1.99. The molecule has 98 valence electrons. The Kier molecular flexibility index (Phi) is 3.29. The lowest BCUT2D eigenvalue weighted by Gasteiger charge is -2.33. The molecule has 18 heavy (non-hydrogen) atoms. The fourth-order valence-corrected chi connectivity index (χ4v) is 3.33. The molecule has 2 rings (SSSR count). The molecule has 0 aromatic heterocycles. The number of halogens is 2. The molecule has 1 N–H and O–H groups in total. The first-order valence-corrected chi connectivity index (χ1v) is 6.80. The fraction of sp³-hybridized carbons (Fsp3) is 0.462. The molecule has 1 aromatic carbocycles. The van der Waals surface area contributed by atoms with Crippen LogP contribution in [-0.4, -0.2) is 17.2 Å². The number of carboxylic acid groups (broad SMARTS) is 1. The highest BCUT2D eigenvalue weighted by Gasteiger charge is 2.41. The Balaban J connectivity index is 2.57. The van der Waals surface area contributed by atoms with Crippen LogP contribution in [-0.2, 0) is 6.42 Å². The summed E-state index contributed by atoms with van der Waals surface area (Å²) in [4.78, 5) is 12.9. The lowest BCUT2D eigenvalue weighted by Crippen LogP contribution is -2.45. The minimum atomic E-state index is -0.974. The van der Waals surface area contributed by atoms with Crippen LogP contribution in [0.2, 0.25) is 0 Å². The van der Waals surface area contributed by atoms with Crippen LogP contribution in [0.1, 0.15) is 26.3 Å². The Hall–Kier alpha value is -0.850. The van der Waals surface area contributed by atoms with Gasteiger partial charge in [-0.2, -0.15) is 0 Å². The van der Waals surface area contributed by atoms with Crippen LogP contribution in [0.25, 0.3) is 0 Å². The van der Waals surface area contributed by atoms with Gasteiger partial charge in [-0.3, -0.25) is 4.90 Å². The van der Waals surface area contributed by atoms with Gasteiger partial charge >= 0.3 is 6.09 Å². The summed E-state index contributed by atoms with van der Waals surface area (Å²) in [5.74, 6) is -0.307. The zero-order chi connectivity index (χ0) is 13.7. The van der Waals surface area contributed by atoms with Gasteiger partial charge in [0, 0.05) is 9.61 Å². The fourth-order valence-electron chi connectivity index (χ4n) is 2.42. The number of benzene rings is 1. The topological polar surface area (TPSA) is 40.5 Å². The van der Waals surface area contributed by atoms with E-state index >= 15 is 0 Å². The Bertz CT molecular complexity index is 510. The normalized spacial score (nSPS) is 18.9. The first-order valence-electron chi connectivity index (χ1n) is 5.72. The summed E-state index contributed by atoms with van der Waals surface area (Å²) in [5.41, 5.74) is 1.24. The number of rotatable bonds is 0. The summed E-state index contributed by atoms with van der Waals surface area (Å²) in [7, 11) is 0. The largest absolute Gasteiger partial charge is 0.465 e. The van der Waals surface area contributed by atoms with Crippen LogP contribution in [0.4, 0.5) is 14.9 Å². The lowest BCUT2D eigenvalue weighted by atomic mass is 9.84. The Morgan fingerprint density at radius 3 is 2.61 bits per heavy atom. The van der Waals surface area contributed by atoms with E-state index in [0.717, 1.165) is 5.56 Å². The zero-order valence-electron chi connectivity index (χ0n) is 10.5. The highest BCUT2D eigenvalue weighted by Crippen LogP contribution is 2.42. The second kappa shape index (κ2) is 4.36. The highest BCUT2D eigenvalue weighted by atomic mass is 127. The van der Waals surface area contributed by atoms with Gasteiger partial charge in [-0.05, 0) is 52.1 Å². The molecule has 1 unspecified atom stereocenters. The second-order valence-corrected chi connectivity index (χ2v) is 6.80. The monoisotopic (exact) mass is 363 g/mol. The van der Waals surface area contributed by atoms with Crippen LogP contribution in [0.5, 0.6) is 0 Å². The van der Waals surface area contributed by atoms with E-state index in [4.69, 9.17) is 0 Å². The van der Waals surface area contributed by atoms with Crippen molar-refractivity contribution in [3.05, 3.63) is 27.1 Å². The quantitative estimate of drug-likeness (QED) is 0.711. The van der Waals surface area contributed by atoms with Crippen molar-refractivity contribution in [1.29, 1.82) is 0 Å². The molecule has 0 bridgehead atoms. The van der Waals surface area contributed by atoms with Crippen molar-refractivity contribution >= 4 is 34.4 Å². The third-order valence-corrected chi connectivity index (χ3v) is 4.10. The van der Waals surface area contributed by atoms with Crippen molar-refractivity contribution < 1.29 is 14.3 Å². The third-order valence-electron chi connectivity index (χ3n) is 3.28. The van der Waals surface area contributed by atoms with Crippen LogP contribution >= 0.6 is 22.6 Å². The summed E-state index contributed by atoms with van der Waals surface area (Å²) in [6.07, 6.45) is -0.406. The maximum Gasteiger partial charge on any atom is 0.412 e. The van der Waals surface area contributed by atoms with Gasteiger partial charge in [-0.25, -0.2) is 9.18 Å². The summed E-state index contributed by atoms with van der Waals surface area (Å²) < 4.78 is 14.1. The molecular weight excluding hydrogens is 348 g/mol. The predicted octanol–water partition coefficient (Wildman–Crippen LogP) is 3.89. The minimum absolute atomic E-state index is 0.152. The van der Waals surface area contributed by atoms with Gasteiger partial charge in [0.1, 0.15) is 5.82 Å². The van der Waals surface area contributed by atoms with Crippen molar-refractivity contribution in [1.82, 2.24) is 0 Å². The molecule has 0 fully saturated rings. The van der Waals surface area contributed by atoms with Gasteiger partial charge in [0.05, 0.1) is 5.69 Å². The number of hydrogen-bond donors (Lipinski definition) is 1. The van der Waals surface area contributed by atoms with Crippen LogP contribution in [0.3, 0.4) is 0 Å². The molecule has 5 heteroatoms. The van der Waals surface area contributed by atoms with E-state index in [1.165, 1.54) is 17.0 Å². The number of amides is 1. The van der Waals surface area contributed by atoms with E-state index in [1.807, 2.05) is 43.4 Å². The van der Waals surface area contributed by atoms with E-state index in [2.05, 4.69) is 0 Å². The lowest BCUT2D eigenvalue weighted by molar-refractivity contribution is 0.191. The van der Waals surface area contributed by atoms with Gasteiger partial charge in [0.2, 0.25) is 0 Å². The molecule has 1 amide bonds. The molecule has 0 radical (unpaired) electrons. The predicted molar refractivity (Wildman–Crippen MR) is 76.6 cm³/mol. The maximum atomic E-state index is 13.4. The summed E-state index contributed by atoms with van der Waals surface area (Å²) in [6.45, 7) is 6.01. The van der Waals surface area contributed by atoms with Crippen molar-refractivity contribution in [2.24, 2.45) is 5.41 Å². The van der Waals surface area contributed by atoms with Crippen LogP contribution in [0.15, 0.2) is 12.1 Å². The van der Waals surface area contributed by atoms with E-state index in [0.29, 0.717) is 15.7 Å². The molecule has 0 saturated carbocycles. The van der Waals surface area contributed by atoms with E-state index in [1.54, 1.807) is 0 Å². The molecule has 3 nitrogen and oxygen atoms in total. The van der Waals surface area contributed by atoms with E-state index in [9.17, 15) is 14.3 Å². The number of carbonyl (C=O) groups is 1. The Labute approximate surface area is 119 Å². The first-order chi connectivity index (χ1) is 8.21. The molecule has 0 spiro atoms. The van der Waals surface area contributed by atoms with Crippen LogP contribution in [0, 0.1) is 14.8 Å². The molecule has 1 atom stereocenters. The standard InChI is InChI=1S/C13H15FINO2/c1-13(2,3)10-5-7-4-8(14)6-9(15)11(7)16(10)12(17)18/h4,6,10H,5H2,1-3H3,(H,17,18). The van der Waals surface area contributed by atoms with Crippen molar-refractivity contribution in [3.63, 3.8) is 0 Å². The van der Waals surface area contributed by atoms with Gasteiger partial charge in [-0.15, -0.1) is 0 Å². The Morgan fingerprint density at radius 2 is 2.11 bits per heavy atom. The molecule has 1 aliphatic rings. The highest BCUT2D eigenvalue weighted by molar-refractivity contribution is 14.1. The summed E-state index contributed by atoms with van der Waals surface area (Å²) in [6, 6.07) is 2.67. The number of hydrogen-bond acceptors (Lipinski definition) is 1. The van der Waals surface area contributed by atoms with Gasteiger partial charge < -0.3 is 5.11 Å². The molecule has 1 heterocycles. The molecule has 0 aliphatic carbocycles. The van der Waals surface area contributed by atoms with Gasteiger partial charge in [-0.1, -0.05) is 20.8 Å². The zero-order valence-corrected chi connectivity index (χ0v) is 12.7. The minimum Gasteiger partial charge on any atom is -0.465 e. The summed E-state index contributed by atoms with van der Waals surface area (Å²) in [5, 5.41) is 9.42. The number of fused-ring (bicyclic) bond motifs is 1. The number of nitrogens with zero attached hydrogens (tertiary/aromatic N) is 1. The maximum absolute atomic E-state index is 13.4. The van der Waals surface area contributed by atoms with E-state index < -0.39 is 6.09 Å². The molecular formula is C13H15FINO2. The smallest absolute Gasteiger partial charge is 0.412 e. The third kappa shape index (κ3) is 2.20. The number of anilines is 1. The molecule has 0 saturated heterocycles. The average molecular weight is 363 g/mol. The van der Waals surface area contributed by atoms with Gasteiger partial charge in [0.25, 0.3) is 0 Å². The van der Waals surface area contributed by atoms with Crippen molar-refractivity contribution in [2.45, 2.75) is 33.2 Å². The second-order valence-electron chi connectivity index (χ2n) is 5.63. The Morgan fingerprint density at radius 1 is 1.50 bits per heavy atom. The van der Waals surface area contributed by atoms with Crippen LogP contribution < -0.4 is 4.90 Å². The average Bonchev–Trinajstić information content (AvgIpc) is 2.55. The molecule has 1 aliphatic heterocycles. The van der Waals surface area contributed by atoms with Gasteiger partial charge in [0.15, 0.2) is 0 Å².